The van der Waals surface area contributed by atoms with E-state index < -0.39 is 10.0 Å². The Kier molecular flexibility index (Phi) is 5.70. The van der Waals surface area contributed by atoms with Crippen LogP contribution < -0.4 is 9.04 Å². The molecule has 0 aromatic heterocycles. The van der Waals surface area contributed by atoms with E-state index in [-0.39, 0.29) is 17.3 Å². The predicted octanol–water partition coefficient (Wildman–Crippen LogP) is 2.82. The Morgan fingerprint density at radius 2 is 1.63 bits per heavy atom. The summed E-state index contributed by atoms with van der Waals surface area (Å²) >= 11 is 0. The fourth-order valence-electron chi connectivity index (χ4n) is 3.09. The summed E-state index contributed by atoms with van der Waals surface area (Å²) in [5.74, 6) is 0.397. The molecule has 6 nitrogen and oxygen atoms in total. The third-order valence-corrected chi connectivity index (χ3v) is 6.50. The molecule has 1 heterocycles. The number of sulfonamides is 1. The highest BCUT2D eigenvalue weighted by atomic mass is 32.2. The van der Waals surface area contributed by atoms with Gasteiger partial charge >= 0.3 is 0 Å². The van der Waals surface area contributed by atoms with Gasteiger partial charge in [0, 0.05) is 13.1 Å². The van der Waals surface area contributed by atoms with Crippen molar-refractivity contribution in [3.05, 3.63) is 54.1 Å². The fourth-order valence-corrected chi connectivity index (χ4v) is 4.50. The number of carbonyl (C=O) groups excluding carboxylic acids is 1. The van der Waals surface area contributed by atoms with Crippen LogP contribution in [0, 0.1) is 6.92 Å². The van der Waals surface area contributed by atoms with Gasteiger partial charge in [0.1, 0.15) is 12.3 Å². The van der Waals surface area contributed by atoms with Gasteiger partial charge in [0.05, 0.1) is 17.7 Å². The molecular formula is C20H24N2O4S. The summed E-state index contributed by atoms with van der Waals surface area (Å²) in [5, 5.41) is 0. The Balaban J connectivity index is 1.96. The second kappa shape index (κ2) is 8.00. The standard InChI is InChI=1S/C20H24N2O4S/c1-16-5-7-17(8-6-16)22(15-20(23)21-13-3-4-14-21)27(24,25)19-11-9-18(26-2)10-12-19/h5-12H,3-4,13-15H2,1-2H3. The zero-order chi connectivity index (χ0) is 19.4. The van der Waals surface area contributed by atoms with Crippen LogP contribution in [-0.2, 0) is 14.8 Å². The first-order chi connectivity index (χ1) is 12.9. The fraction of sp³-hybridized carbons (Fsp3) is 0.350. The molecule has 0 unspecified atom stereocenters. The van der Waals surface area contributed by atoms with Crippen LogP contribution in [0.5, 0.6) is 5.75 Å². The van der Waals surface area contributed by atoms with Crippen LogP contribution in [0.1, 0.15) is 18.4 Å². The second-order valence-corrected chi connectivity index (χ2v) is 8.47. The average Bonchev–Trinajstić information content (AvgIpc) is 3.21. The first-order valence-electron chi connectivity index (χ1n) is 8.93. The molecule has 3 rings (SSSR count). The van der Waals surface area contributed by atoms with Crippen molar-refractivity contribution in [3.63, 3.8) is 0 Å². The van der Waals surface area contributed by atoms with Crippen LogP contribution in [0.2, 0.25) is 0 Å². The van der Waals surface area contributed by atoms with Gasteiger partial charge in [0.15, 0.2) is 0 Å². The van der Waals surface area contributed by atoms with Crippen LogP contribution in [0.25, 0.3) is 0 Å². The topological polar surface area (TPSA) is 66.9 Å². The van der Waals surface area contributed by atoms with E-state index >= 15 is 0 Å². The molecule has 0 bridgehead atoms. The van der Waals surface area contributed by atoms with Gasteiger partial charge in [-0.2, -0.15) is 0 Å². The van der Waals surface area contributed by atoms with Gasteiger partial charge in [-0.05, 0) is 56.2 Å². The molecule has 1 amide bonds. The smallest absolute Gasteiger partial charge is 0.264 e. The summed E-state index contributed by atoms with van der Waals surface area (Å²) in [4.78, 5) is 14.5. The highest BCUT2D eigenvalue weighted by molar-refractivity contribution is 7.92. The molecule has 1 aliphatic rings. The third-order valence-electron chi connectivity index (χ3n) is 4.71. The van der Waals surface area contributed by atoms with E-state index in [4.69, 9.17) is 4.74 Å². The van der Waals surface area contributed by atoms with E-state index in [0.29, 0.717) is 24.5 Å². The highest BCUT2D eigenvalue weighted by Gasteiger charge is 2.29. The van der Waals surface area contributed by atoms with Gasteiger partial charge < -0.3 is 9.64 Å². The molecule has 0 aliphatic carbocycles. The van der Waals surface area contributed by atoms with Crippen molar-refractivity contribution in [1.82, 2.24) is 4.90 Å². The van der Waals surface area contributed by atoms with Crippen molar-refractivity contribution in [1.29, 1.82) is 0 Å². The maximum Gasteiger partial charge on any atom is 0.264 e. The summed E-state index contributed by atoms with van der Waals surface area (Å²) in [5.41, 5.74) is 1.50. The molecule has 1 aliphatic heterocycles. The highest BCUT2D eigenvalue weighted by Crippen LogP contribution is 2.26. The maximum atomic E-state index is 13.3. The minimum atomic E-state index is -3.89. The molecule has 2 aromatic rings. The number of likely N-dealkylation sites (tertiary alicyclic amines) is 1. The summed E-state index contributed by atoms with van der Waals surface area (Å²) in [6, 6.07) is 13.3. The largest absolute Gasteiger partial charge is 0.497 e. The Bertz CT molecular complexity index is 887. The molecule has 144 valence electrons. The van der Waals surface area contributed by atoms with Crippen LogP contribution in [-0.4, -0.2) is 46.0 Å². The van der Waals surface area contributed by atoms with Gasteiger partial charge in [-0.3, -0.25) is 9.10 Å². The number of rotatable bonds is 6. The van der Waals surface area contributed by atoms with Crippen LogP contribution in [0.15, 0.2) is 53.4 Å². The molecule has 1 fully saturated rings. The van der Waals surface area contributed by atoms with Gasteiger partial charge in [0.2, 0.25) is 5.91 Å². The molecule has 0 spiro atoms. The van der Waals surface area contributed by atoms with Crippen molar-refractivity contribution < 1.29 is 17.9 Å². The first kappa shape index (κ1) is 19.2. The number of anilines is 1. The summed E-state index contributed by atoms with van der Waals surface area (Å²) in [6.45, 7) is 3.09. The number of carbonyl (C=O) groups is 1. The van der Waals surface area contributed by atoms with Gasteiger partial charge in [-0.1, -0.05) is 17.7 Å². The number of hydrogen-bond donors (Lipinski definition) is 0. The molecule has 0 atom stereocenters. The molecule has 1 saturated heterocycles. The lowest BCUT2D eigenvalue weighted by molar-refractivity contribution is -0.128. The summed E-state index contributed by atoms with van der Waals surface area (Å²) < 4.78 is 32.9. The van der Waals surface area contributed by atoms with Crippen molar-refractivity contribution in [2.45, 2.75) is 24.7 Å². The molecule has 0 N–H and O–H groups in total. The zero-order valence-corrected chi connectivity index (χ0v) is 16.4. The number of benzene rings is 2. The Morgan fingerprint density at radius 3 is 2.19 bits per heavy atom. The minimum Gasteiger partial charge on any atom is -0.497 e. The predicted molar refractivity (Wildman–Crippen MR) is 105 cm³/mol. The summed E-state index contributed by atoms with van der Waals surface area (Å²) in [7, 11) is -2.36. The molecule has 0 radical (unpaired) electrons. The minimum absolute atomic E-state index is 0.123. The van der Waals surface area contributed by atoms with E-state index in [0.717, 1.165) is 18.4 Å². The molecular weight excluding hydrogens is 364 g/mol. The van der Waals surface area contributed by atoms with Crippen molar-refractivity contribution >= 4 is 21.6 Å². The molecule has 27 heavy (non-hydrogen) atoms. The van der Waals surface area contributed by atoms with Gasteiger partial charge in [-0.25, -0.2) is 8.42 Å². The van der Waals surface area contributed by atoms with Gasteiger partial charge in [-0.15, -0.1) is 0 Å². The first-order valence-corrected chi connectivity index (χ1v) is 10.4. The lowest BCUT2D eigenvalue weighted by atomic mass is 10.2. The van der Waals surface area contributed by atoms with E-state index in [2.05, 4.69) is 0 Å². The number of aryl methyl sites for hydroxylation is 1. The number of ether oxygens (including phenoxy) is 1. The zero-order valence-electron chi connectivity index (χ0n) is 15.6. The Labute approximate surface area is 160 Å². The van der Waals surface area contributed by atoms with Crippen LogP contribution in [0.4, 0.5) is 5.69 Å². The lowest BCUT2D eigenvalue weighted by Gasteiger charge is -2.26. The normalized spacial score (nSPS) is 14.2. The van der Waals surface area contributed by atoms with Crippen molar-refractivity contribution in [2.75, 3.05) is 31.0 Å². The average molecular weight is 388 g/mol. The number of hydrogen-bond acceptors (Lipinski definition) is 4. The summed E-state index contributed by atoms with van der Waals surface area (Å²) in [6.07, 6.45) is 1.92. The quantitative estimate of drug-likeness (QED) is 0.763. The maximum absolute atomic E-state index is 13.3. The second-order valence-electron chi connectivity index (χ2n) is 6.61. The number of amides is 1. The monoisotopic (exact) mass is 388 g/mol. The Hall–Kier alpha value is -2.54. The molecule has 7 heteroatoms. The van der Waals surface area contributed by atoms with Gasteiger partial charge in [0.25, 0.3) is 10.0 Å². The van der Waals surface area contributed by atoms with Crippen molar-refractivity contribution in [2.24, 2.45) is 0 Å². The third kappa shape index (κ3) is 4.24. The Morgan fingerprint density at radius 1 is 1.04 bits per heavy atom. The molecule has 0 saturated carbocycles. The lowest BCUT2D eigenvalue weighted by Crippen LogP contribution is -2.42. The van der Waals surface area contributed by atoms with E-state index in [1.165, 1.54) is 23.5 Å². The van der Waals surface area contributed by atoms with Crippen LogP contribution >= 0.6 is 0 Å². The van der Waals surface area contributed by atoms with Crippen LogP contribution in [0.3, 0.4) is 0 Å². The van der Waals surface area contributed by atoms with E-state index in [1.807, 2.05) is 19.1 Å². The van der Waals surface area contributed by atoms with E-state index in [1.54, 1.807) is 29.2 Å². The van der Waals surface area contributed by atoms with Crippen molar-refractivity contribution in [3.8, 4) is 5.75 Å². The number of methoxy groups -OCH3 is 1. The number of nitrogens with zero attached hydrogens (tertiary/aromatic N) is 2. The van der Waals surface area contributed by atoms with E-state index in [9.17, 15) is 13.2 Å². The molecule has 2 aromatic carbocycles. The SMILES string of the molecule is COc1ccc(S(=O)(=O)N(CC(=O)N2CCCC2)c2ccc(C)cc2)cc1.